The van der Waals surface area contributed by atoms with Crippen molar-refractivity contribution in [3.63, 3.8) is 0 Å². The molecule has 0 saturated heterocycles. The van der Waals surface area contributed by atoms with Crippen molar-refractivity contribution in [1.29, 1.82) is 0 Å². The van der Waals surface area contributed by atoms with Crippen molar-refractivity contribution >= 4 is 15.7 Å². The molecule has 0 aliphatic carbocycles. The van der Waals surface area contributed by atoms with Crippen LogP contribution in [0.3, 0.4) is 0 Å². The second kappa shape index (κ2) is 6.11. The van der Waals surface area contributed by atoms with Crippen molar-refractivity contribution < 1.29 is 13.5 Å². The van der Waals surface area contributed by atoms with Crippen LogP contribution in [0.2, 0.25) is 0 Å². The maximum absolute atomic E-state index is 12.5. The van der Waals surface area contributed by atoms with Gasteiger partial charge in [-0.2, -0.15) is 0 Å². The van der Waals surface area contributed by atoms with Gasteiger partial charge in [-0.15, -0.1) is 0 Å². The number of hydrogen-bond donors (Lipinski definition) is 3. The quantitative estimate of drug-likeness (QED) is 0.721. The number of aryl methyl sites for hydroxylation is 2. The van der Waals surface area contributed by atoms with Crippen LogP contribution in [0.5, 0.6) is 0 Å². The Labute approximate surface area is 121 Å². The molecule has 0 fully saturated rings. The lowest BCUT2D eigenvalue weighted by Crippen LogP contribution is -2.35. The normalized spacial score (nSPS) is 15.1. The molecule has 0 bridgehead atoms. The van der Waals surface area contributed by atoms with Crippen molar-refractivity contribution in [2.24, 2.45) is 0 Å². The third-order valence-electron chi connectivity index (χ3n) is 3.28. The van der Waals surface area contributed by atoms with Gasteiger partial charge in [-0.3, -0.25) is 0 Å². The molecular weight excluding hydrogens is 276 g/mol. The molecule has 6 heteroatoms. The Morgan fingerprint density at radius 1 is 1.25 bits per heavy atom. The molecule has 2 unspecified atom stereocenters. The summed E-state index contributed by atoms with van der Waals surface area (Å²) in [6.45, 7) is 8.68. The smallest absolute Gasteiger partial charge is 0.241 e. The first-order chi connectivity index (χ1) is 9.06. The highest BCUT2D eigenvalue weighted by Gasteiger charge is 2.24. The first-order valence-corrected chi connectivity index (χ1v) is 8.11. The summed E-state index contributed by atoms with van der Waals surface area (Å²) < 4.78 is 27.6. The molecule has 0 amide bonds. The van der Waals surface area contributed by atoms with Crippen molar-refractivity contribution in [2.75, 3.05) is 5.73 Å². The minimum Gasteiger partial charge on any atom is -0.398 e. The van der Waals surface area contributed by atoms with E-state index in [0.717, 1.165) is 5.56 Å². The maximum atomic E-state index is 12.5. The number of nitrogens with two attached hydrogens (primary N) is 1. The molecule has 1 rings (SSSR count). The Morgan fingerprint density at radius 3 is 2.30 bits per heavy atom. The highest BCUT2D eigenvalue weighted by Crippen LogP contribution is 2.28. The van der Waals surface area contributed by atoms with Crippen LogP contribution in [0, 0.1) is 20.8 Å². The van der Waals surface area contributed by atoms with Crippen LogP contribution < -0.4 is 10.5 Å². The zero-order chi connectivity index (χ0) is 15.7. The van der Waals surface area contributed by atoms with Gasteiger partial charge in [-0.05, 0) is 57.7 Å². The second-order valence-corrected chi connectivity index (χ2v) is 7.14. The van der Waals surface area contributed by atoms with Gasteiger partial charge in [0.25, 0.3) is 0 Å². The molecule has 0 aliphatic heterocycles. The maximum Gasteiger partial charge on any atom is 0.241 e. The van der Waals surface area contributed by atoms with E-state index in [1.807, 2.05) is 6.92 Å². The average molecular weight is 300 g/mol. The van der Waals surface area contributed by atoms with Crippen LogP contribution in [-0.2, 0) is 10.0 Å². The summed E-state index contributed by atoms with van der Waals surface area (Å²) in [5, 5.41) is 9.33. The Hall–Kier alpha value is -1.11. The lowest BCUT2D eigenvalue weighted by Gasteiger charge is -2.19. The molecular formula is C14H24N2O3S. The number of nitrogen functional groups attached to an aromatic ring is 1. The summed E-state index contributed by atoms with van der Waals surface area (Å²) in [6, 6.07) is 1.43. The van der Waals surface area contributed by atoms with Gasteiger partial charge in [0.2, 0.25) is 10.0 Å². The van der Waals surface area contributed by atoms with Gasteiger partial charge in [0.05, 0.1) is 11.0 Å². The van der Waals surface area contributed by atoms with Crippen LogP contribution in [-0.4, -0.2) is 25.7 Å². The third-order valence-corrected chi connectivity index (χ3v) is 5.16. The SMILES string of the molecule is Cc1cc(C)c(S(=O)(=O)NC(C)CC(C)O)c(C)c1N. The molecule has 0 spiro atoms. The van der Waals surface area contributed by atoms with Crippen molar-refractivity contribution in [1.82, 2.24) is 4.72 Å². The van der Waals surface area contributed by atoms with Crippen LogP contribution in [0.4, 0.5) is 5.69 Å². The minimum atomic E-state index is -3.65. The first-order valence-electron chi connectivity index (χ1n) is 6.63. The lowest BCUT2D eigenvalue weighted by atomic mass is 10.1. The van der Waals surface area contributed by atoms with Crippen LogP contribution in [0.15, 0.2) is 11.0 Å². The molecule has 5 nitrogen and oxygen atoms in total. The predicted octanol–water partition coefficient (Wildman–Crippen LogP) is 1.63. The first kappa shape index (κ1) is 16.9. The average Bonchev–Trinajstić information content (AvgIpc) is 2.23. The molecule has 1 aromatic carbocycles. The van der Waals surface area contributed by atoms with Gasteiger partial charge < -0.3 is 10.8 Å². The van der Waals surface area contributed by atoms with E-state index in [1.54, 1.807) is 33.8 Å². The summed E-state index contributed by atoms with van der Waals surface area (Å²) in [5.41, 5.74) is 8.54. The number of benzene rings is 1. The number of nitrogens with one attached hydrogen (secondary N) is 1. The van der Waals surface area contributed by atoms with Crippen LogP contribution >= 0.6 is 0 Å². The summed E-state index contributed by atoms with van der Waals surface area (Å²) in [7, 11) is -3.65. The minimum absolute atomic E-state index is 0.234. The van der Waals surface area contributed by atoms with Gasteiger partial charge >= 0.3 is 0 Å². The number of aliphatic hydroxyl groups excluding tert-OH is 1. The number of sulfonamides is 1. The molecule has 0 aliphatic rings. The summed E-state index contributed by atoms with van der Waals surface area (Å²) in [6.07, 6.45) is -0.198. The molecule has 114 valence electrons. The fourth-order valence-electron chi connectivity index (χ4n) is 2.48. The van der Waals surface area contributed by atoms with E-state index in [2.05, 4.69) is 4.72 Å². The topological polar surface area (TPSA) is 92.4 Å². The Bertz CT molecular complexity index is 595. The number of aliphatic hydroxyl groups is 1. The fourth-order valence-corrected chi connectivity index (χ4v) is 4.22. The molecule has 0 saturated carbocycles. The Kier molecular flexibility index (Phi) is 5.18. The van der Waals surface area contributed by atoms with E-state index < -0.39 is 16.1 Å². The van der Waals surface area contributed by atoms with E-state index in [9.17, 15) is 13.5 Å². The van der Waals surface area contributed by atoms with E-state index >= 15 is 0 Å². The monoisotopic (exact) mass is 300 g/mol. The summed E-state index contributed by atoms with van der Waals surface area (Å²) >= 11 is 0. The second-order valence-electron chi connectivity index (χ2n) is 5.49. The van der Waals surface area contributed by atoms with Crippen molar-refractivity contribution in [2.45, 2.75) is 58.1 Å². The van der Waals surface area contributed by atoms with Crippen molar-refractivity contribution in [3.8, 4) is 0 Å². The molecule has 2 atom stereocenters. The Balaban J connectivity index is 3.20. The molecule has 0 radical (unpaired) electrons. The fraction of sp³-hybridized carbons (Fsp3) is 0.571. The zero-order valence-electron chi connectivity index (χ0n) is 12.7. The Morgan fingerprint density at radius 2 is 1.80 bits per heavy atom. The van der Waals surface area contributed by atoms with E-state index in [4.69, 9.17) is 5.73 Å². The molecule has 4 N–H and O–H groups in total. The van der Waals surface area contributed by atoms with Gasteiger partial charge in [-0.1, -0.05) is 6.07 Å². The molecule has 1 aromatic rings. The van der Waals surface area contributed by atoms with E-state index in [-0.39, 0.29) is 10.9 Å². The molecule has 0 aromatic heterocycles. The van der Waals surface area contributed by atoms with Crippen molar-refractivity contribution in [3.05, 3.63) is 22.8 Å². The van der Waals surface area contributed by atoms with Crippen LogP contribution in [0.1, 0.15) is 37.0 Å². The van der Waals surface area contributed by atoms with Crippen LogP contribution in [0.25, 0.3) is 0 Å². The van der Waals surface area contributed by atoms with Gasteiger partial charge in [0.15, 0.2) is 0 Å². The number of hydrogen-bond acceptors (Lipinski definition) is 4. The molecule has 0 heterocycles. The highest BCUT2D eigenvalue weighted by atomic mass is 32.2. The van der Waals surface area contributed by atoms with E-state index in [1.165, 1.54) is 0 Å². The lowest BCUT2D eigenvalue weighted by molar-refractivity contribution is 0.175. The highest BCUT2D eigenvalue weighted by molar-refractivity contribution is 7.89. The van der Waals surface area contributed by atoms with Gasteiger partial charge in [-0.25, -0.2) is 13.1 Å². The van der Waals surface area contributed by atoms with Gasteiger partial charge in [0.1, 0.15) is 0 Å². The largest absolute Gasteiger partial charge is 0.398 e. The molecule has 20 heavy (non-hydrogen) atoms. The van der Waals surface area contributed by atoms with E-state index in [0.29, 0.717) is 23.2 Å². The number of anilines is 1. The number of rotatable bonds is 5. The summed E-state index contributed by atoms with van der Waals surface area (Å²) in [5.74, 6) is 0. The summed E-state index contributed by atoms with van der Waals surface area (Å²) in [4.78, 5) is 0.234. The third kappa shape index (κ3) is 3.71. The standard InChI is InChI=1S/C14H24N2O3S/c1-8-6-9(2)14(12(5)13(8)15)20(18,19)16-10(3)7-11(4)17/h6,10-11,16-17H,7,15H2,1-5H3. The van der Waals surface area contributed by atoms with Gasteiger partial charge in [0, 0.05) is 11.7 Å². The predicted molar refractivity (Wildman–Crippen MR) is 81.1 cm³/mol. The zero-order valence-corrected chi connectivity index (χ0v) is 13.5.